The van der Waals surface area contributed by atoms with Crippen LogP contribution in [0.1, 0.15) is 31.1 Å². The summed E-state index contributed by atoms with van der Waals surface area (Å²) in [6, 6.07) is 6.82. The maximum atomic E-state index is 11.6. The summed E-state index contributed by atoms with van der Waals surface area (Å²) in [5, 5.41) is 0. The predicted molar refractivity (Wildman–Crippen MR) is 59.2 cm³/mol. The third-order valence-electron chi connectivity index (χ3n) is 1.69. The molecule has 0 saturated heterocycles. The fourth-order valence-corrected chi connectivity index (χ4v) is 1.02. The molecule has 1 aromatic carbocycles. The first kappa shape index (κ1) is 12.5. The topological polar surface area (TPSA) is 44.8 Å². The van der Waals surface area contributed by atoms with E-state index in [-0.39, 0.29) is 0 Å². The molecule has 0 aliphatic rings. The standard InChI is InChI=1S/C12H16O4/c1-12(2,3)16-15-11(13)9-7-5-6-8-10(9)14-4/h5-8H,1-4H3. The Morgan fingerprint density at radius 2 is 1.81 bits per heavy atom. The van der Waals surface area contributed by atoms with E-state index in [9.17, 15) is 4.79 Å². The molecule has 0 amide bonds. The summed E-state index contributed by atoms with van der Waals surface area (Å²) in [6.07, 6.45) is 0. The molecule has 4 heteroatoms. The van der Waals surface area contributed by atoms with Crippen LogP contribution in [0.25, 0.3) is 0 Å². The summed E-state index contributed by atoms with van der Waals surface area (Å²) in [5.74, 6) is -0.0996. The molecule has 0 saturated carbocycles. The Morgan fingerprint density at radius 3 is 2.38 bits per heavy atom. The third kappa shape index (κ3) is 3.55. The molecule has 0 aromatic heterocycles. The highest BCUT2D eigenvalue weighted by molar-refractivity contribution is 5.92. The second-order valence-corrected chi connectivity index (χ2v) is 4.27. The van der Waals surface area contributed by atoms with Crippen molar-refractivity contribution < 1.29 is 19.3 Å². The largest absolute Gasteiger partial charge is 0.496 e. The van der Waals surface area contributed by atoms with Crippen molar-refractivity contribution in [3.05, 3.63) is 29.8 Å². The SMILES string of the molecule is COc1ccccc1C(=O)OOC(C)(C)C. The van der Waals surface area contributed by atoms with Gasteiger partial charge in [0, 0.05) is 0 Å². The highest BCUT2D eigenvalue weighted by Gasteiger charge is 2.18. The van der Waals surface area contributed by atoms with Crippen LogP contribution in [0, 0.1) is 0 Å². The molecule has 0 aliphatic heterocycles. The van der Waals surface area contributed by atoms with Crippen LogP contribution < -0.4 is 4.74 Å². The molecule has 0 fully saturated rings. The smallest absolute Gasteiger partial charge is 0.376 e. The van der Waals surface area contributed by atoms with E-state index in [4.69, 9.17) is 14.5 Å². The molecule has 1 aromatic rings. The number of para-hydroxylation sites is 1. The highest BCUT2D eigenvalue weighted by atomic mass is 17.2. The number of benzene rings is 1. The number of hydrogen-bond donors (Lipinski definition) is 0. The van der Waals surface area contributed by atoms with Gasteiger partial charge in [0.05, 0.1) is 7.11 Å². The summed E-state index contributed by atoms with van der Waals surface area (Å²) in [6.45, 7) is 5.38. The van der Waals surface area contributed by atoms with Gasteiger partial charge in [0.15, 0.2) is 0 Å². The van der Waals surface area contributed by atoms with Crippen molar-refractivity contribution in [3.63, 3.8) is 0 Å². The molecule has 0 unspecified atom stereocenters. The Labute approximate surface area is 95.1 Å². The predicted octanol–water partition coefficient (Wildman–Crippen LogP) is 2.58. The van der Waals surface area contributed by atoms with Gasteiger partial charge in [-0.2, -0.15) is 4.89 Å². The average molecular weight is 224 g/mol. The Morgan fingerprint density at radius 1 is 1.19 bits per heavy atom. The van der Waals surface area contributed by atoms with Crippen molar-refractivity contribution in [2.45, 2.75) is 26.4 Å². The van der Waals surface area contributed by atoms with E-state index in [0.29, 0.717) is 11.3 Å². The number of hydrogen-bond acceptors (Lipinski definition) is 4. The van der Waals surface area contributed by atoms with Gasteiger partial charge in [0.25, 0.3) is 0 Å². The molecule has 0 radical (unpaired) electrons. The Hall–Kier alpha value is -1.55. The van der Waals surface area contributed by atoms with Gasteiger partial charge >= 0.3 is 5.97 Å². The molecule has 0 bridgehead atoms. The monoisotopic (exact) mass is 224 g/mol. The van der Waals surface area contributed by atoms with E-state index in [1.165, 1.54) is 7.11 Å². The van der Waals surface area contributed by atoms with E-state index in [1.54, 1.807) is 45.0 Å². The second kappa shape index (κ2) is 4.99. The molecule has 88 valence electrons. The molecule has 4 nitrogen and oxygen atoms in total. The van der Waals surface area contributed by atoms with E-state index < -0.39 is 11.6 Å². The summed E-state index contributed by atoms with van der Waals surface area (Å²) < 4.78 is 5.04. The molecule has 0 aliphatic carbocycles. The lowest BCUT2D eigenvalue weighted by molar-refractivity contribution is -0.301. The van der Waals surface area contributed by atoms with Crippen molar-refractivity contribution in [1.82, 2.24) is 0 Å². The van der Waals surface area contributed by atoms with Gasteiger partial charge in [0.2, 0.25) is 0 Å². The summed E-state index contributed by atoms with van der Waals surface area (Å²) in [5.41, 5.74) is -0.188. The normalized spacial score (nSPS) is 11.0. The van der Waals surface area contributed by atoms with Crippen LogP contribution in [0.5, 0.6) is 5.75 Å². The molecular weight excluding hydrogens is 208 g/mol. The van der Waals surface area contributed by atoms with Crippen molar-refractivity contribution in [3.8, 4) is 5.75 Å². The van der Waals surface area contributed by atoms with Crippen molar-refractivity contribution in [2.75, 3.05) is 7.11 Å². The van der Waals surface area contributed by atoms with E-state index in [2.05, 4.69) is 0 Å². The van der Waals surface area contributed by atoms with E-state index in [1.807, 2.05) is 0 Å². The first-order chi connectivity index (χ1) is 7.44. The lowest BCUT2D eigenvalue weighted by Gasteiger charge is -2.17. The molecule has 16 heavy (non-hydrogen) atoms. The van der Waals surface area contributed by atoms with Crippen LogP contribution in [0.15, 0.2) is 24.3 Å². The maximum absolute atomic E-state index is 11.6. The van der Waals surface area contributed by atoms with Gasteiger partial charge in [-0.3, -0.25) is 4.89 Å². The van der Waals surface area contributed by atoms with Crippen molar-refractivity contribution in [2.24, 2.45) is 0 Å². The Balaban J connectivity index is 2.73. The zero-order valence-corrected chi connectivity index (χ0v) is 9.94. The van der Waals surface area contributed by atoms with Gasteiger partial charge < -0.3 is 4.74 Å². The van der Waals surface area contributed by atoms with Crippen molar-refractivity contribution >= 4 is 5.97 Å². The van der Waals surface area contributed by atoms with Gasteiger partial charge in [-0.1, -0.05) is 12.1 Å². The molecule has 0 atom stereocenters. The van der Waals surface area contributed by atoms with Crippen LogP contribution in [0.3, 0.4) is 0 Å². The first-order valence-corrected chi connectivity index (χ1v) is 4.97. The third-order valence-corrected chi connectivity index (χ3v) is 1.69. The zero-order valence-electron chi connectivity index (χ0n) is 9.94. The van der Waals surface area contributed by atoms with Crippen LogP contribution >= 0.6 is 0 Å². The number of ether oxygens (including phenoxy) is 1. The van der Waals surface area contributed by atoms with Crippen molar-refractivity contribution in [1.29, 1.82) is 0 Å². The van der Waals surface area contributed by atoms with E-state index in [0.717, 1.165) is 0 Å². The van der Waals surface area contributed by atoms with Crippen LogP contribution in [-0.4, -0.2) is 18.7 Å². The second-order valence-electron chi connectivity index (χ2n) is 4.27. The average Bonchev–Trinajstić information content (AvgIpc) is 2.25. The summed E-state index contributed by atoms with van der Waals surface area (Å²) >= 11 is 0. The minimum atomic E-state index is -0.563. The number of carbonyl (C=O) groups is 1. The quantitative estimate of drug-likeness (QED) is 0.584. The molecule has 1 rings (SSSR count). The summed E-state index contributed by atoms with van der Waals surface area (Å²) in [7, 11) is 1.50. The number of carbonyl (C=O) groups excluding carboxylic acids is 1. The molecule has 0 spiro atoms. The fraction of sp³-hybridized carbons (Fsp3) is 0.417. The van der Waals surface area contributed by atoms with Gasteiger partial charge in [-0.05, 0) is 32.9 Å². The van der Waals surface area contributed by atoms with Gasteiger partial charge in [-0.25, -0.2) is 4.79 Å². The number of rotatable bonds is 3. The fourth-order valence-electron chi connectivity index (χ4n) is 1.02. The van der Waals surface area contributed by atoms with E-state index >= 15 is 0 Å². The Bertz CT molecular complexity index is 366. The highest BCUT2D eigenvalue weighted by Crippen LogP contribution is 2.19. The minimum absolute atomic E-state index is 0.342. The lowest BCUT2D eigenvalue weighted by atomic mass is 10.2. The minimum Gasteiger partial charge on any atom is -0.496 e. The first-order valence-electron chi connectivity index (χ1n) is 4.97. The maximum Gasteiger partial charge on any atom is 0.376 e. The van der Waals surface area contributed by atoms with Crippen LogP contribution in [-0.2, 0) is 9.78 Å². The molecular formula is C12H16O4. The lowest BCUT2D eigenvalue weighted by Crippen LogP contribution is -2.22. The van der Waals surface area contributed by atoms with Gasteiger partial charge in [0.1, 0.15) is 16.9 Å². The molecule has 0 N–H and O–H groups in total. The Kier molecular flexibility index (Phi) is 3.90. The summed E-state index contributed by atoms with van der Waals surface area (Å²) in [4.78, 5) is 21.3. The molecule has 0 heterocycles. The van der Waals surface area contributed by atoms with Gasteiger partial charge in [-0.15, -0.1) is 0 Å². The zero-order chi connectivity index (χ0) is 12.2. The van der Waals surface area contributed by atoms with Crippen LogP contribution in [0.4, 0.5) is 0 Å². The number of methoxy groups -OCH3 is 1. The van der Waals surface area contributed by atoms with Crippen LogP contribution in [0.2, 0.25) is 0 Å².